The summed E-state index contributed by atoms with van der Waals surface area (Å²) in [6.07, 6.45) is 3.77. The first-order valence-electron chi connectivity index (χ1n) is 9.26. The summed E-state index contributed by atoms with van der Waals surface area (Å²) in [5.41, 5.74) is 1.39. The molecule has 4 heteroatoms. The smallest absolute Gasteiger partial charge is 0.0480 e. The van der Waals surface area contributed by atoms with Crippen molar-refractivity contribution < 1.29 is 4.74 Å². The van der Waals surface area contributed by atoms with Gasteiger partial charge in [0.15, 0.2) is 0 Å². The molecule has 0 aliphatic carbocycles. The first kappa shape index (κ1) is 15.4. The van der Waals surface area contributed by atoms with Gasteiger partial charge in [0.25, 0.3) is 0 Å². The van der Waals surface area contributed by atoms with E-state index in [2.05, 4.69) is 45.0 Å². The molecule has 0 saturated carbocycles. The van der Waals surface area contributed by atoms with E-state index in [1.54, 1.807) is 0 Å². The number of hydrogen-bond acceptors (Lipinski definition) is 4. The van der Waals surface area contributed by atoms with E-state index in [0.717, 1.165) is 25.3 Å². The zero-order valence-electron chi connectivity index (χ0n) is 14.1. The maximum Gasteiger partial charge on any atom is 0.0480 e. The van der Waals surface area contributed by atoms with Crippen LogP contribution in [-0.4, -0.2) is 74.4 Å². The zero-order valence-corrected chi connectivity index (χ0v) is 14.1. The number of para-hydroxylation sites is 1. The van der Waals surface area contributed by atoms with E-state index in [0.29, 0.717) is 0 Å². The number of hydrogen-bond donors (Lipinski definition) is 0. The summed E-state index contributed by atoms with van der Waals surface area (Å²) in [6.45, 7) is 9.28. The molecule has 4 rings (SSSR count). The van der Waals surface area contributed by atoms with E-state index in [1.807, 2.05) is 0 Å². The van der Waals surface area contributed by atoms with E-state index in [4.69, 9.17) is 4.74 Å². The normalized spacial score (nSPS) is 28.3. The molecule has 3 heterocycles. The van der Waals surface area contributed by atoms with Gasteiger partial charge in [-0.05, 0) is 31.4 Å². The SMILES string of the molecule is c1ccc(N2CCC(N3CCN(C4CCOCC4)CC3)C2)cc1. The Hall–Kier alpha value is -1.10. The van der Waals surface area contributed by atoms with Crippen molar-refractivity contribution in [3.63, 3.8) is 0 Å². The second-order valence-corrected chi connectivity index (χ2v) is 7.14. The average Bonchev–Trinajstić information content (AvgIpc) is 3.14. The van der Waals surface area contributed by atoms with Crippen molar-refractivity contribution >= 4 is 5.69 Å². The lowest BCUT2D eigenvalue weighted by molar-refractivity contribution is 0.00799. The Morgan fingerprint density at radius 3 is 2.09 bits per heavy atom. The topological polar surface area (TPSA) is 19.0 Å². The van der Waals surface area contributed by atoms with Gasteiger partial charge in [0.1, 0.15) is 0 Å². The van der Waals surface area contributed by atoms with Crippen LogP contribution >= 0.6 is 0 Å². The molecule has 0 spiro atoms. The molecule has 1 aromatic rings. The average molecular weight is 315 g/mol. The van der Waals surface area contributed by atoms with E-state index < -0.39 is 0 Å². The first-order valence-corrected chi connectivity index (χ1v) is 9.26. The number of rotatable bonds is 3. The second-order valence-electron chi connectivity index (χ2n) is 7.14. The molecule has 1 atom stereocenters. The zero-order chi connectivity index (χ0) is 15.5. The Morgan fingerprint density at radius 2 is 1.39 bits per heavy atom. The minimum absolute atomic E-state index is 0.743. The van der Waals surface area contributed by atoms with Crippen LogP contribution in [0.3, 0.4) is 0 Å². The quantitative estimate of drug-likeness (QED) is 0.850. The Labute approximate surface area is 140 Å². The van der Waals surface area contributed by atoms with Crippen LogP contribution in [0, 0.1) is 0 Å². The summed E-state index contributed by atoms with van der Waals surface area (Å²) in [5.74, 6) is 0. The third-order valence-electron chi connectivity index (χ3n) is 5.86. The van der Waals surface area contributed by atoms with Crippen LogP contribution in [0.15, 0.2) is 30.3 Å². The lowest BCUT2D eigenvalue weighted by Gasteiger charge is -2.42. The molecule has 4 nitrogen and oxygen atoms in total. The van der Waals surface area contributed by atoms with Crippen molar-refractivity contribution in [2.24, 2.45) is 0 Å². The Bertz CT molecular complexity index is 481. The van der Waals surface area contributed by atoms with Crippen molar-refractivity contribution in [1.82, 2.24) is 9.80 Å². The van der Waals surface area contributed by atoms with E-state index in [1.165, 1.54) is 64.2 Å². The standard InChI is InChI=1S/C19H29N3O/c1-2-4-17(5-3-1)22-9-6-19(16-22)21-12-10-20(11-13-21)18-7-14-23-15-8-18/h1-5,18-19H,6-16H2. The Balaban J connectivity index is 1.28. The van der Waals surface area contributed by atoms with Crippen LogP contribution < -0.4 is 4.90 Å². The monoisotopic (exact) mass is 315 g/mol. The molecule has 0 N–H and O–H groups in total. The van der Waals surface area contributed by atoms with Crippen LogP contribution in [0.2, 0.25) is 0 Å². The predicted octanol–water partition coefficient (Wildman–Crippen LogP) is 2.06. The molecule has 126 valence electrons. The highest BCUT2D eigenvalue weighted by atomic mass is 16.5. The molecule has 0 aromatic heterocycles. The lowest BCUT2D eigenvalue weighted by atomic mass is 10.1. The Kier molecular flexibility index (Phi) is 4.83. The molecule has 1 unspecified atom stereocenters. The van der Waals surface area contributed by atoms with Gasteiger partial charge in [-0.2, -0.15) is 0 Å². The number of benzene rings is 1. The van der Waals surface area contributed by atoms with Gasteiger partial charge in [-0.15, -0.1) is 0 Å². The number of ether oxygens (including phenoxy) is 1. The highest BCUT2D eigenvalue weighted by Crippen LogP contribution is 2.24. The van der Waals surface area contributed by atoms with Crippen molar-refractivity contribution in [3.8, 4) is 0 Å². The Morgan fingerprint density at radius 1 is 0.739 bits per heavy atom. The van der Waals surface area contributed by atoms with Gasteiger partial charge < -0.3 is 9.64 Å². The minimum atomic E-state index is 0.743. The molecule has 1 aromatic carbocycles. The largest absolute Gasteiger partial charge is 0.381 e. The van der Waals surface area contributed by atoms with E-state index in [9.17, 15) is 0 Å². The number of nitrogens with zero attached hydrogens (tertiary/aromatic N) is 3. The summed E-state index contributed by atoms with van der Waals surface area (Å²) >= 11 is 0. The lowest BCUT2D eigenvalue weighted by Crippen LogP contribution is -2.54. The first-order chi connectivity index (χ1) is 11.4. The van der Waals surface area contributed by atoms with Gasteiger partial charge >= 0.3 is 0 Å². The van der Waals surface area contributed by atoms with E-state index in [-0.39, 0.29) is 0 Å². The van der Waals surface area contributed by atoms with Gasteiger partial charge in [-0.25, -0.2) is 0 Å². The van der Waals surface area contributed by atoms with Crippen LogP contribution in [0.4, 0.5) is 5.69 Å². The van der Waals surface area contributed by atoms with Crippen molar-refractivity contribution in [2.75, 3.05) is 57.4 Å². The van der Waals surface area contributed by atoms with Crippen LogP contribution in [-0.2, 0) is 4.74 Å². The van der Waals surface area contributed by atoms with Gasteiger partial charge in [0.2, 0.25) is 0 Å². The summed E-state index contributed by atoms with van der Waals surface area (Å²) in [6, 6.07) is 12.4. The summed E-state index contributed by atoms with van der Waals surface area (Å²) < 4.78 is 5.50. The third-order valence-corrected chi connectivity index (χ3v) is 5.86. The highest BCUT2D eigenvalue weighted by Gasteiger charge is 2.32. The predicted molar refractivity (Wildman–Crippen MR) is 94.0 cm³/mol. The molecule has 3 saturated heterocycles. The summed E-state index contributed by atoms with van der Waals surface area (Å²) in [4.78, 5) is 8.00. The molecule has 3 aliphatic heterocycles. The van der Waals surface area contributed by atoms with Crippen molar-refractivity contribution in [1.29, 1.82) is 0 Å². The second kappa shape index (κ2) is 7.20. The van der Waals surface area contributed by atoms with Crippen molar-refractivity contribution in [2.45, 2.75) is 31.3 Å². The number of piperazine rings is 1. The molecular formula is C19H29N3O. The maximum atomic E-state index is 5.50. The fraction of sp³-hybridized carbons (Fsp3) is 0.684. The highest BCUT2D eigenvalue weighted by molar-refractivity contribution is 5.47. The van der Waals surface area contributed by atoms with Gasteiger partial charge in [0.05, 0.1) is 0 Å². The minimum Gasteiger partial charge on any atom is -0.381 e. The molecule has 3 aliphatic rings. The fourth-order valence-corrected chi connectivity index (χ4v) is 4.43. The fourth-order valence-electron chi connectivity index (χ4n) is 4.43. The molecular weight excluding hydrogens is 286 g/mol. The molecule has 0 amide bonds. The van der Waals surface area contributed by atoms with Crippen LogP contribution in [0.1, 0.15) is 19.3 Å². The van der Waals surface area contributed by atoms with Crippen molar-refractivity contribution in [3.05, 3.63) is 30.3 Å². The maximum absolute atomic E-state index is 5.50. The molecule has 23 heavy (non-hydrogen) atoms. The van der Waals surface area contributed by atoms with Gasteiger partial charge in [-0.1, -0.05) is 18.2 Å². The van der Waals surface area contributed by atoms with Gasteiger partial charge in [0, 0.05) is 70.3 Å². The van der Waals surface area contributed by atoms with Crippen LogP contribution in [0.25, 0.3) is 0 Å². The third kappa shape index (κ3) is 3.54. The molecule has 0 bridgehead atoms. The van der Waals surface area contributed by atoms with E-state index >= 15 is 0 Å². The van der Waals surface area contributed by atoms with Crippen LogP contribution in [0.5, 0.6) is 0 Å². The van der Waals surface area contributed by atoms with Gasteiger partial charge in [-0.3, -0.25) is 9.80 Å². The summed E-state index contributed by atoms with van der Waals surface area (Å²) in [7, 11) is 0. The number of anilines is 1. The summed E-state index contributed by atoms with van der Waals surface area (Å²) in [5, 5.41) is 0. The molecule has 0 radical (unpaired) electrons. The molecule has 3 fully saturated rings.